The molecule has 0 aromatic carbocycles. The second-order valence-electron chi connectivity index (χ2n) is 6.06. The molecular weight excluding hydrogens is 266 g/mol. The van der Waals surface area contributed by atoms with E-state index in [-0.39, 0.29) is 0 Å². The van der Waals surface area contributed by atoms with Crippen LogP contribution in [0, 0.1) is 5.92 Å². The van der Waals surface area contributed by atoms with Crippen molar-refractivity contribution in [2.75, 3.05) is 33.5 Å². The number of fused-ring (bicyclic) bond motifs is 1. The van der Waals surface area contributed by atoms with Crippen LogP contribution >= 0.6 is 0 Å². The maximum atomic E-state index is 5.57. The Kier molecular flexibility index (Phi) is 6.67. The van der Waals surface area contributed by atoms with Crippen molar-refractivity contribution in [1.29, 1.82) is 0 Å². The molecule has 5 nitrogen and oxygen atoms in total. The third-order valence-corrected chi connectivity index (χ3v) is 3.76. The van der Waals surface area contributed by atoms with Crippen LogP contribution in [0.2, 0.25) is 0 Å². The van der Waals surface area contributed by atoms with E-state index in [1.165, 1.54) is 17.2 Å². The van der Waals surface area contributed by atoms with Gasteiger partial charge in [-0.1, -0.05) is 13.8 Å². The van der Waals surface area contributed by atoms with Crippen LogP contribution < -0.4 is 5.32 Å². The zero-order chi connectivity index (χ0) is 15.1. The van der Waals surface area contributed by atoms with Crippen LogP contribution in [-0.4, -0.2) is 43.0 Å². The van der Waals surface area contributed by atoms with Gasteiger partial charge in [0, 0.05) is 51.9 Å². The molecule has 2 rings (SSSR count). The molecule has 0 amide bonds. The quantitative estimate of drug-likeness (QED) is 0.706. The predicted molar refractivity (Wildman–Crippen MR) is 83.5 cm³/mol. The number of rotatable bonds is 9. The Morgan fingerprint density at radius 1 is 1.29 bits per heavy atom. The molecule has 0 radical (unpaired) electrons. The summed E-state index contributed by atoms with van der Waals surface area (Å²) in [6.45, 7) is 9.63. The fourth-order valence-electron chi connectivity index (χ4n) is 2.78. The largest absolute Gasteiger partial charge is 0.382 e. The molecule has 21 heavy (non-hydrogen) atoms. The first-order chi connectivity index (χ1) is 10.2. The Bertz CT molecular complexity index is 429. The van der Waals surface area contributed by atoms with E-state index in [0.717, 1.165) is 45.5 Å². The van der Waals surface area contributed by atoms with Gasteiger partial charge in [-0.3, -0.25) is 0 Å². The molecule has 2 heterocycles. The summed E-state index contributed by atoms with van der Waals surface area (Å²) in [6.07, 6.45) is 3.17. The van der Waals surface area contributed by atoms with Gasteiger partial charge in [-0.25, -0.2) is 4.98 Å². The fraction of sp³-hybridized carbons (Fsp3) is 0.812. The minimum atomic E-state index is 0.638. The number of hydrogen-bond acceptors (Lipinski definition) is 4. The Hall–Kier alpha value is -0.910. The lowest BCUT2D eigenvalue weighted by molar-refractivity contribution is 0.0678. The van der Waals surface area contributed by atoms with E-state index in [9.17, 15) is 0 Å². The van der Waals surface area contributed by atoms with Gasteiger partial charge >= 0.3 is 0 Å². The van der Waals surface area contributed by atoms with Gasteiger partial charge in [-0.2, -0.15) is 0 Å². The van der Waals surface area contributed by atoms with Gasteiger partial charge in [0.2, 0.25) is 0 Å². The summed E-state index contributed by atoms with van der Waals surface area (Å²) in [5, 5.41) is 3.41. The van der Waals surface area contributed by atoms with Crippen molar-refractivity contribution >= 4 is 0 Å². The van der Waals surface area contributed by atoms with E-state index in [1.807, 2.05) is 0 Å². The maximum absolute atomic E-state index is 5.57. The number of nitrogens with one attached hydrogen (secondary N) is 1. The van der Waals surface area contributed by atoms with E-state index < -0.39 is 0 Å². The highest BCUT2D eigenvalue weighted by atomic mass is 16.5. The molecule has 5 heteroatoms. The maximum Gasteiger partial charge on any atom is 0.109 e. The standard InChI is InChI=1S/C16H29N3O2/c1-13(2)11-16-18-14-12-17-6-5-15(14)19(16)7-4-8-21-10-9-20-3/h13,17H,4-12H2,1-3H3. The van der Waals surface area contributed by atoms with Crippen LogP contribution in [-0.2, 0) is 35.4 Å². The Labute approximate surface area is 128 Å². The summed E-state index contributed by atoms with van der Waals surface area (Å²) >= 11 is 0. The molecule has 0 bridgehead atoms. The van der Waals surface area contributed by atoms with Crippen LogP contribution in [0.1, 0.15) is 37.5 Å². The molecule has 0 fully saturated rings. The number of nitrogens with zero attached hydrogens (tertiary/aromatic N) is 2. The molecule has 1 aromatic rings. The first-order valence-corrected chi connectivity index (χ1v) is 8.07. The van der Waals surface area contributed by atoms with E-state index in [4.69, 9.17) is 14.5 Å². The van der Waals surface area contributed by atoms with Crippen LogP contribution in [0.15, 0.2) is 0 Å². The number of ether oxygens (including phenoxy) is 2. The van der Waals surface area contributed by atoms with Crippen molar-refractivity contribution in [3.05, 3.63) is 17.2 Å². The van der Waals surface area contributed by atoms with Crippen LogP contribution in [0.25, 0.3) is 0 Å². The SMILES string of the molecule is COCCOCCCn1c(CC(C)C)nc2c1CCNC2. The first kappa shape index (κ1) is 16.5. The molecule has 1 aromatic heterocycles. The molecule has 0 saturated carbocycles. The van der Waals surface area contributed by atoms with Gasteiger partial charge in [0.1, 0.15) is 5.82 Å². The van der Waals surface area contributed by atoms with Gasteiger partial charge in [0.25, 0.3) is 0 Å². The molecule has 0 aliphatic carbocycles. The zero-order valence-corrected chi connectivity index (χ0v) is 13.7. The van der Waals surface area contributed by atoms with Crippen molar-refractivity contribution in [1.82, 2.24) is 14.9 Å². The van der Waals surface area contributed by atoms with E-state index in [0.29, 0.717) is 19.1 Å². The Morgan fingerprint density at radius 3 is 2.90 bits per heavy atom. The van der Waals surface area contributed by atoms with Crippen LogP contribution in [0.5, 0.6) is 0 Å². The van der Waals surface area contributed by atoms with E-state index in [2.05, 4.69) is 23.7 Å². The highest BCUT2D eigenvalue weighted by molar-refractivity contribution is 5.20. The molecule has 0 saturated heterocycles. The second kappa shape index (κ2) is 8.51. The summed E-state index contributed by atoms with van der Waals surface area (Å²) in [5.74, 6) is 1.88. The highest BCUT2D eigenvalue weighted by Gasteiger charge is 2.19. The first-order valence-electron chi connectivity index (χ1n) is 8.07. The number of hydrogen-bond donors (Lipinski definition) is 1. The minimum absolute atomic E-state index is 0.638. The number of imidazole rings is 1. The van der Waals surface area contributed by atoms with Crippen molar-refractivity contribution in [3.8, 4) is 0 Å². The molecule has 1 N–H and O–H groups in total. The van der Waals surface area contributed by atoms with E-state index in [1.54, 1.807) is 7.11 Å². The van der Waals surface area contributed by atoms with Gasteiger partial charge < -0.3 is 19.4 Å². The smallest absolute Gasteiger partial charge is 0.109 e. The van der Waals surface area contributed by atoms with Crippen molar-refractivity contribution in [3.63, 3.8) is 0 Å². The third kappa shape index (κ3) is 4.80. The van der Waals surface area contributed by atoms with Crippen molar-refractivity contribution < 1.29 is 9.47 Å². The van der Waals surface area contributed by atoms with Crippen LogP contribution in [0.4, 0.5) is 0 Å². The lowest BCUT2D eigenvalue weighted by atomic mass is 10.1. The minimum Gasteiger partial charge on any atom is -0.382 e. The lowest BCUT2D eigenvalue weighted by Gasteiger charge is -2.16. The van der Waals surface area contributed by atoms with Gasteiger partial charge in [0.15, 0.2) is 0 Å². The fourth-order valence-corrected chi connectivity index (χ4v) is 2.78. The Balaban J connectivity index is 1.94. The monoisotopic (exact) mass is 295 g/mol. The summed E-state index contributed by atoms with van der Waals surface area (Å²) in [5.41, 5.74) is 2.68. The molecular formula is C16H29N3O2. The average Bonchev–Trinajstić information content (AvgIpc) is 2.79. The molecule has 0 unspecified atom stereocenters. The highest BCUT2D eigenvalue weighted by Crippen LogP contribution is 2.19. The van der Waals surface area contributed by atoms with Gasteiger partial charge in [0.05, 0.1) is 18.9 Å². The Morgan fingerprint density at radius 2 is 2.14 bits per heavy atom. The van der Waals surface area contributed by atoms with Gasteiger partial charge in [-0.15, -0.1) is 0 Å². The zero-order valence-electron chi connectivity index (χ0n) is 13.7. The molecule has 0 spiro atoms. The number of aromatic nitrogens is 2. The summed E-state index contributed by atoms with van der Waals surface area (Å²) in [6, 6.07) is 0. The topological polar surface area (TPSA) is 48.3 Å². The van der Waals surface area contributed by atoms with Crippen molar-refractivity contribution in [2.45, 2.75) is 46.2 Å². The summed E-state index contributed by atoms with van der Waals surface area (Å²) < 4.78 is 13.0. The lowest BCUT2D eigenvalue weighted by Crippen LogP contribution is -2.25. The average molecular weight is 295 g/mol. The predicted octanol–water partition coefficient (Wildman–Crippen LogP) is 1.78. The normalized spacial score (nSPS) is 14.7. The number of methoxy groups -OCH3 is 1. The van der Waals surface area contributed by atoms with Crippen LogP contribution in [0.3, 0.4) is 0 Å². The second-order valence-corrected chi connectivity index (χ2v) is 6.06. The molecule has 1 aliphatic heterocycles. The molecule has 1 aliphatic rings. The summed E-state index contributed by atoms with van der Waals surface area (Å²) in [4.78, 5) is 4.86. The van der Waals surface area contributed by atoms with Gasteiger partial charge in [-0.05, 0) is 12.3 Å². The summed E-state index contributed by atoms with van der Waals surface area (Å²) in [7, 11) is 1.70. The van der Waals surface area contributed by atoms with Crippen molar-refractivity contribution in [2.24, 2.45) is 5.92 Å². The third-order valence-electron chi connectivity index (χ3n) is 3.76. The van der Waals surface area contributed by atoms with E-state index >= 15 is 0 Å². The molecule has 120 valence electrons. The molecule has 0 atom stereocenters.